The summed E-state index contributed by atoms with van der Waals surface area (Å²) in [4.78, 5) is 39.3. The molecule has 7 nitrogen and oxygen atoms in total. The van der Waals surface area contributed by atoms with Gasteiger partial charge in [-0.1, -0.05) is 29.8 Å². The van der Waals surface area contributed by atoms with Crippen LogP contribution in [0.2, 0.25) is 0 Å². The van der Waals surface area contributed by atoms with Crippen LogP contribution in [-0.2, 0) is 14.3 Å². The SMILES string of the molecule is CC(C)=C(CO)C[C@@]12O[C@]1(C(=O)OCCCCO)C(=O)c1ccccc1C2=O. The molecule has 1 heterocycles. The molecule has 150 valence electrons. The Morgan fingerprint density at radius 3 is 2.29 bits per heavy atom. The van der Waals surface area contributed by atoms with Crippen LogP contribution in [0.15, 0.2) is 35.4 Å². The van der Waals surface area contributed by atoms with E-state index in [1.165, 1.54) is 12.1 Å². The summed E-state index contributed by atoms with van der Waals surface area (Å²) in [7, 11) is 0. The Morgan fingerprint density at radius 1 is 1.07 bits per heavy atom. The molecule has 0 amide bonds. The van der Waals surface area contributed by atoms with E-state index < -0.39 is 28.7 Å². The number of esters is 1. The van der Waals surface area contributed by atoms with E-state index in [9.17, 15) is 19.5 Å². The van der Waals surface area contributed by atoms with Gasteiger partial charge in [-0.05, 0) is 32.3 Å². The van der Waals surface area contributed by atoms with Gasteiger partial charge in [0.1, 0.15) is 0 Å². The number of allylic oxidation sites excluding steroid dienone is 1. The Bertz CT molecular complexity index is 852. The summed E-state index contributed by atoms with van der Waals surface area (Å²) in [5.74, 6) is -1.95. The molecule has 1 aromatic carbocycles. The highest BCUT2D eigenvalue weighted by atomic mass is 16.7. The Kier molecular flexibility index (Phi) is 5.52. The van der Waals surface area contributed by atoms with Gasteiger partial charge in [0.15, 0.2) is 11.4 Å². The second-order valence-corrected chi connectivity index (χ2v) is 7.32. The minimum absolute atomic E-state index is 0.0131. The molecular formula is C21H24O7. The predicted octanol–water partition coefficient (Wildman–Crippen LogP) is 1.61. The molecule has 2 N–H and O–H groups in total. The van der Waals surface area contributed by atoms with Gasteiger partial charge in [0.2, 0.25) is 5.78 Å². The van der Waals surface area contributed by atoms with Gasteiger partial charge >= 0.3 is 5.97 Å². The molecule has 0 radical (unpaired) electrons. The Balaban J connectivity index is 2.01. The molecule has 3 rings (SSSR count). The van der Waals surface area contributed by atoms with Crippen molar-refractivity contribution in [3.8, 4) is 0 Å². The number of aliphatic hydroxyl groups excluding tert-OH is 2. The number of unbranched alkanes of at least 4 members (excludes halogenated alkanes) is 1. The fourth-order valence-corrected chi connectivity index (χ4v) is 3.67. The lowest BCUT2D eigenvalue weighted by molar-refractivity contribution is -0.148. The van der Waals surface area contributed by atoms with E-state index >= 15 is 0 Å². The second kappa shape index (κ2) is 7.58. The highest BCUT2D eigenvalue weighted by molar-refractivity contribution is 6.32. The summed E-state index contributed by atoms with van der Waals surface area (Å²) in [6.45, 7) is 3.23. The number of aliphatic hydroxyl groups is 2. The first-order valence-electron chi connectivity index (χ1n) is 9.28. The number of ketones is 2. The molecule has 0 spiro atoms. The van der Waals surface area contributed by atoms with E-state index in [4.69, 9.17) is 14.6 Å². The number of carbonyl (C=O) groups is 3. The molecule has 0 aromatic heterocycles. The van der Waals surface area contributed by atoms with Crippen molar-refractivity contribution in [3.63, 3.8) is 0 Å². The predicted molar refractivity (Wildman–Crippen MR) is 99.0 cm³/mol. The van der Waals surface area contributed by atoms with Gasteiger partial charge in [0.05, 0.1) is 13.2 Å². The summed E-state index contributed by atoms with van der Waals surface area (Å²) in [5, 5.41) is 18.5. The summed E-state index contributed by atoms with van der Waals surface area (Å²) < 4.78 is 10.9. The number of hydrogen-bond donors (Lipinski definition) is 2. The van der Waals surface area contributed by atoms with Gasteiger partial charge < -0.3 is 19.7 Å². The van der Waals surface area contributed by atoms with Gasteiger partial charge in [-0.25, -0.2) is 4.79 Å². The minimum Gasteiger partial charge on any atom is -0.463 e. The zero-order chi connectivity index (χ0) is 20.5. The number of benzene rings is 1. The Morgan fingerprint density at radius 2 is 1.71 bits per heavy atom. The van der Waals surface area contributed by atoms with Crippen LogP contribution in [0.4, 0.5) is 0 Å². The van der Waals surface area contributed by atoms with E-state index in [2.05, 4.69) is 0 Å². The van der Waals surface area contributed by atoms with Crippen LogP contribution >= 0.6 is 0 Å². The van der Waals surface area contributed by atoms with Crippen LogP contribution in [0.3, 0.4) is 0 Å². The lowest BCUT2D eigenvalue weighted by Gasteiger charge is -2.24. The molecule has 1 aromatic rings. The summed E-state index contributed by atoms with van der Waals surface area (Å²) >= 11 is 0. The van der Waals surface area contributed by atoms with Crippen molar-refractivity contribution in [1.82, 2.24) is 0 Å². The number of carbonyl (C=O) groups excluding carboxylic acids is 3. The van der Waals surface area contributed by atoms with E-state index in [0.717, 1.165) is 5.57 Å². The van der Waals surface area contributed by atoms with E-state index in [1.807, 2.05) is 0 Å². The average Bonchev–Trinajstić information content (AvgIpc) is 3.39. The number of hydrogen-bond acceptors (Lipinski definition) is 7. The smallest absolute Gasteiger partial charge is 0.350 e. The molecule has 2 aliphatic rings. The second-order valence-electron chi connectivity index (χ2n) is 7.32. The fraction of sp³-hybridized carbons (Fsp3) is 0.476. The number of rotatable bonds is 8. The molecule has 1 saturated heterocycles. The lowest BCUT2D eigenvalue weighted by atomic mass is 9.71. The largest absolute Gasteiger partial charge is 0.463 e. The van der Waals surface area contributed by atoms with E-state index in [-0.39, 0.29) is 37.4 Å². The third-order valence-electron chi connectivity index (χ3n) is 5.39. The monoisotopic (exact) mass is 388 g/mol. The van der Waals surface area contributed by atoms with Crippen LogP contribution in [0.1, 0.15) is 53.8 Å². The molecular weight excluding hydrogens is 364 g/mol. The summed E-state index contributed by atoms with van der Waals surface area (Å²) in [5.41, 5.74) is -2.04. The molecule has 28 heavy (non-hydrogen) atoms. The minimum atomic E-state index is -2.02. The quantitative estimate of drug-likeness (QED) is 0.229. The van der Waals surface area contributed by atoms with Gasteiger partial charge in [0.25, 0.3) is 5.60 Å². The van der Waals surface area contributed by atoms with Crippen LogP contribution in [0.5, 0.6) is 0 Å². The zero-order valence-electron chi connectivity index (χ0n) is 16.0. The van der Waals surface area contributed by atoms with Gasteiger partial charge in [-0.3, -0.25) is 9.59 Å². The zero-order valence-corrected chi connectivity index (χ0v) is 16.0. The molecule has 1 fully saturated rings. The van der Waals surface area contributed by atoms with Crippen molar-refractivity contribution >= 4 is 17.5 Å². The maximum atomic E-state index is 13.3. The first-order valence-corrected chi connectivity index (χ1v) is 9.28. The maximum absolute atomic E-state index is 13.3. The van der Waals surface area contributed by atoms with E-state index in [1.54, 1.807) is 26.0 Å². The third-order valence-corrected chi connectivity index (χ3v) is 5.39. The lowest BCUT2D eigenvalue weighted by Crippen LogP contribution is -2.51. The van der Waals surface area contributed by atoms with Gasteiger partial charge in [-0.15, -0.1) is 0 Å². The Hall–Kier alpha value is -2.35. The van der Waals surface area contributed by atoms with Gasteiger partial charge in [-0.2, -0.15) is 0 Å². The molecule has 1 aliphatic heterocycles. The average molecular weight is 388 g/mol. The van der Waals surface area contributed by atoms with Crippen LogP contribution in [0.25, 0.3) is 0 Å². The number of Topliss-reactive ketones (excluding diaryl/α,β-unsaturated/α-hetero) is 2. The fourth-order valence-electron chi connectivity index (χ4n) is 3.67. The molecule has 7 heteroatoms. The standard InChI is InChI=1S/C21H24O7/c1-13(2)14(12-23)11-20-17(24)15-7-3-4-8-16(15)18(25)21(20,28-20)19(26)27-10-6-5-9-22/h3-4,7-8,22-23H,5-6,9-12H2,1-2H3/t20-,21-/m0/s1. The first-order chi connectivity index (χ1) is 13.4. The molecule has 0 saturated carbocycles. The highest BCUT2D eigenvalue weighted by Crippen LogP contribution is 2.59. The summed E-state index contributed by atoms with van der Waals surface area (Å²) in [6.07, 6.45) is 0.824. The number of epoxide rings is 1. The summed E-state index contributed by atoms with van der Waals surface area (Å²) in [6, 6.07) is 6.30. The normalized spacial score (nSPS) is 25.0. The van der Waals surface area contributed by atoms with Crippen molar-refractivity contribution < 1.29 is 34.1 Å². The third kappa shape index (κ3) is 2.90. The van der Waals surface area contributed by atoms with Crippen LogP contribution in [0, 0.1) is 0 Å². The first kappa shape index (κ1) is 20.4. The maximum Gasteiger partial charge on any atom is 0.350 e. The van der Waals surface area contributed by atoms with Crippen molar-refractivity contribution in [1.29, 1.82) is 0 Å². The molecule has 0 bridgehead atoms. The van der Waals surface area contributed by atoms with Crippen LogP contribution in [-0.4, -0.2) is 58.8 Å². The van der Waals surface area contributed by atoms with Crippen LogP contribution < -0.4 is 0 Å². The van der Waals surface area contributed by atoms with Crippen molar-refractivity contribution in [2.45, 2.75) is 44.3 Å². The number of ether oxygens (including phenoxy) is 2. The van der Waals surface area contributed by atoms with Crippen molar-refractivity contribution in [3.05, 3.63) is 46.5 Å². The molecule has 2 atom stereocenters. The highest BCUT2D eigenvalue weighted by Gasteiger charge is 2.85. The Labute approximate surface area is 163 Å². The molecule has 0 unspecified atom stereocenters. The van der Waals surface area contributed by atoms with E-state index in [0.29, 0.717) is 18.4 Å². The van der Waals surface area contributed by atoms with Crippen molar-refractivity contribution in [2.24, 2.45) is 0 Å². The number of fused-ring (bicyclic) bond motifs is 2. The topological polar surface area (TPSA) is 113 Å². The van der Waals surface area contributed by atoms with Crippen molar-refractivity contribution in [2.75, 3.05) is 19.8 Å². The van der Waals surface area contributed by atoms with Gasteiger partial charge in [0, 0.05) is 24.2 Å². The molecule has 1 aliphatic carbocycles.